The second-order valence-electron chi connectivity index (χ2n) is 3.90. The third-order valence-electron chi connectivity index (χ3n) is 2.51. The van der Waals surface area contributed by atoms with Gasteiger partial charge in [0.15, 0.2) is 0 Å². The van der Waals surface area contributed by atoms with E-state index in [2.05, 4.69) is 10.4 Å². The summed E-state index contributed by atoms with van der Waals surface area (Å²) in [5, 5.41) is 0. The highest BCUT2D eigenvalue weighted by Crippen LogP contribution is 2.17. The summed E-state index contributed by atoms with van der Waals surface area (Å²) in [6.07, 6.45) is 1.67. The molecular formula is C13H14FN3O. The minimum Gasteiger partial charge on any atom is -0.489 e. The van der Waals surface area contributed by atoms with Gasteiger partial charge in [-0.25, -0.2) is 15.2 Å². The molecule has 2 rings (SSSR count). The Labute approximate surface area is 105 Å². The quantitative estimate of drug-likeness (QED) is 0.643. The number of rotatable bonds is 4. The molecule has 94 valence electrons. The Morgan fingerprint density at radius 3 is 2.78 bits per heavy atom. The van der Waals surface area contributed by atoms with Crippen LogP contribution in [0.2, 0.25) is 0 Å². The zero-order valence-corrected chi connectivity index (χ0v) is 9.98. The number of aromatic nitrogens is 1. The van der Waals surface area contributed by atoms with Crippen molar-refractivity contribution >= 4 is 5.82 Å². The number of hydrazine groups is 1. The first kappa shape index (κ1) is 12.3. The maximum Gasteiger partial charge on any atom is 0.139 e. The predicted octanol–water partition coefficient (Wildman–Crippen LogP) is 2.39. The summed E-state index contributed by atoms with van der Waals surface area (Å²) < 4.78 is 18.6. The van der Waals surface area contributed by atoms with Crippen LogP contribution in [0.5, 0.6) is 5.75 Å². The summed E-state index contributed by atoms with van der Waals surface area (Å²) in [4.78, 5) is 4.07. The van der Waals surface area contributed by atoms with Gasteiger partial charge in [-0.1, -0.05) is 6.07 Å². The average molecular weight is 247 g/mol. The van der Waals surface area contributed by atoms with Crippen LogP contribution in [0.3, 0.4) is 0 Å². The van der Waals surface area contributed by atoms with Crippen molar-refractivity contribution in [3.05, 3.63) is 53.5 Å². The Balaban J connectivity index is 1.99. The number of hydrogen-bond acceptors (Lipinski definition) is 4. The van der Waals surface area contributed by atoms with Gasteiger partial charge in [0.2, 0.25) is 0 Å². The molecule has 18 heavy (non-hydrogen) atoms. The van der Waals surface area contributed by atoms with Crippen LogP contribution in [0.25, 0.3) is 0 Å². The molecule has 0 radical (unpaired) electrons. The van der Waals surface area contributed by atoms with Crippen LogP contribution >= 0.6 is 0 Å². The number of nitrogen functional groups attached to an aromatic ring is 1. The number of benzene rings is 1. The van der Waals surface area contributed by atoms with Crippen molar-refractivity contribution < 1.29 is 9.13 Å². The summed E-state index contributed by atoms with van der Waals surface area (Å²) in [7, 11) is 0. The van der Waals surface area contributed by atoms with Crippen LogP contribution in [-0.2, 0) is 6.61 Å². The molecule has 0 aliphatic heterocycles. The molecule has 5 heteroatoms. The topological polar surface area (TPSA) is 60.2 Å². The van der Waals surface area contributed by atoms with Crippen LogP contribution < -0.4 is 16.0 Å². The third kappa shape index (κ3) is 2.95. The van der Waals surface area contributed by atoms with Crippen molar-refractivity contribution in [3.63, 3.8) is 0 Å². The molecule has 1 aromatic carbocycles. The second-order valence-corrected chi connectivity index (χ2v) is 3.90. The monoisotopic (exact) mass is 247 g/mol. The summed E-state index contributed by atoms with van der Waals surface area (Å²) in [5.74, 6) is 6.21. The summed E-state index contributed by atoms with van der Waals surface area (Å²) in [5.41, 5.74) is 3.92. The highest BCUT2D eigenvalue weighted by atomic mass is 19.1. The Morgan fingerprint density at radius 2 is 2.17 bits per heavy atom. The molecular weight excluding hydrogens is 233 g/mol. The molecule has 1 heterocycles. The number of aryl methyl sites for hydroxylation is 1. The minimum atomic E-state index is -0.234. The SMILES string of the molecule is Cc1cc(OCc2ccc(NN)nc2)ccc1F. The second kappa shape index (κ2) is 5.46. The van der Waals surface area contributed by atoms with Crippen molar-refractivity contribution in [2.24, 2.45) is 5.84 Å². The number of anilines is 1. The maximum atomic E-state index is 13.1. The largest absolute Gasteiger partial charge is 0.489 e. The lowest BCUT2D eigenvalue weighted by molar-refractivity contribution is 0.305. The Morgan fingerprint density at radius 1 is 1.33 bits per heavy atom. The molecule has 0 fully saturated rings. The Kier molecular flexibility index (Phi) is 3.74. The van der Waals surface area contributed by atoms with Gasteiger partial charge in [0.25, 0.3) is 0 Å². The smallest absolute Gasteiger partial charge is 0.139 e. The fraction of sp³-hybridized carbons (Fsp3) is 0.154. The first-order valence-electron chi connectivity index (χ1n) is 5.49. The van der Waals surface area contributed by atoms with Crippen molar-refractivity contribution in [1.29, 1.82) is 0 Å². The van der Waals surface area contributed by atoms with Crippen LogP contribution in [0.1, 0.15) is 11.1 Å². The molecule has 3 N–H and O–H groups in total. The first-order chi connectivity index (χ1) is 8.69. The van der Waals surface area contributed by atoms with Crippen molar-refractivity contribution in [1.82, 2.24) is 4.98 Å². The lowest BCUT2D eigenvalue weighted by Crippen LogP contribution is -2.08. The van der Waals surface area contributed by atoms with Crippen LogP contribution in [0.4, 0.5) is 10.2 Å². The van der Waals surface area contributed by atoms with Gasteiger partial charge in [-0.2, -0.15) is 0 Å². The normalized spacial score (nSPS) is 10.2. The van der Waals surface area contributed by atoms with Crippen molar-refractivity contribution in [2.75, 3.05) is 5.43 Å². The van der Waals surface area contributed by atoms with Gasteiger partial charge in [-0.05, 0) is 36.8 Å². The number of nitrogens with zero attached hydrogens (tertiary/aromatic N) is 1. The molecule has 0 bridgehead atoms. The molecule has 0 saturated heterocycles. The van der Waals surface area contributed by atoms with Crippen LogP contribution in [-0.4, -0.2) is 4.98 Å². The van der Waals surface area contributed by atoms with Crippen molar-refractivity contribution in [2.45, 2.75) is 13.5 Å². The number of pyridine rings is 1. The van der Waals surface area contributed by atoms with E-state index in [0.717, 1.165) is 5.56 Å². The van der Waals surface area contributed by atoms with E-state index in [-0.39, 0.29) is 5.82 Å². The van der Waals surface area contributed by atoms with E-state index in [4.69, 9.17) is 10.6 Å². The number of hydrogen-bond donors (Lipinski definition) is 2. The Hall–Kier alpha value is -2.14. The fourth-order valence-electron chi connectivity index (χ4n) is 1.47. The highest BCUT2D eigenvalue weighted by Gasteiger charge is 2.01. The predicted molar refractivity (Wildman–Crippen MR) is 67.5 cm³/mol. The zero-order chi connectivity index (χ0) is 13.0. The molecule has 0 spiro atoms. The molecule has 0 amide bonds. The van der Waals surface area contributed by atoms with E-state index in [1.807, 2.05) is 6.07 Å². The number of halogens is 1. The van der Waals surface area contributed by atoms with Gasteiger partial charge in [0, 0.05) is 11.8 Å². The summed E-state index contributed by atoms with van der Waals surface area (Å²) >= 11 is 0. The first-order valence-corrected chi connectivity index (χ1v) is 5.49. The third-order valence-corrected chi connectivity index (χ3v) is 2.51. The molecule has 0 aliphatic carbocycles. The molecule has 4 nitrogen and oxygen atoms in total. The van der Waals surface area contributed by atoms with E-state index >= 15 is 0 Å². The van der Waals surface area contributed by atoms with Gasteiger partial charge >= 0.3 is 0 Å². The summed E-state index contributed by atoms with van der Waals surface area (Å²) in [6, 6.07) is 8.28. The number of ether oxygens (including phenoxy) is 1. The lowest BCUT2D eigenvalue weighted by atomic mass is 10.2. The van der Waals surface area contributed by atoms with E-state index in [1.165, 1.54) is 6.07 Å². The van der Waals surface area contributed by atoms with E-state index < -0.39 is 0 Å². The molecule has 2 aromatic rings. The van der Waals surface area contributed by atoms with Crippen molar-refractivity contribution in [3.8, 4) is 5.75 Å². The molecule has 1 aromatic heterocycles. The minimum absolute atomic E-state index is 0.234. The Bertz CT molecular complexity index is 528. The summed E-state index contributed by atoms with van der Waals surface area (Å²) in [6.45, 7) is 2.08. The zero-order valence-electron chi connectivity index (χ0n) is 9.98. The number of nitrogens with two attached hydrogens (primary N) is 1. The van der Waals surface area contributed by atoms with Gasteiger partial charge in [0.1, 0.15) is 24.0 Å². The molecule has 0 unspecified atom stereocenters. The molecule has 0 atom stereocenters. The average Bonchev–Trinajstić information content (AvgIpc) is 2.41. The number of nitrogens with one attached hydrogen (secondary N) is 1. The van der Waals surface area contributed by atoms with Crippen LogP contribution in [0.15, 0.2) is 36.5 Å². The van der Waals surface area contributed by atoms with E-state index in [9.17, 15) is 4.39 Å². The maximum absolute atomic E-state index is 13.1. The van der Waals surface area contributed by atoms with E-state index in [1.54, 1.807) is 31.3 Å². The van der Waals surface area contributed by atoms with Gasteiger partial charge in [-0.3, -0.25) is 0 Å². The lowest BCUT2D eigenvalue weighted by Gasteiger charge is -2.07. The standard InChI is InChI=1S/C13H14FN3O/c1-9-6-11(3-4-12(9)14)18-8-10-2-5-13(17-15)16-7-10/h2-7H,8,15H2,1H3,(H,16,17). The van der Waals surface area contributed by atoms with Gasteiger partial charge in [-0.15, -0.1) is 0 Å². The molecule has 0 saturated carbocycles. The van der Waals surface area contributed by atoms with Gasteiger partial charge < -0.3 is 10.2 Å². The fourth-order valence-corrected chi connectivity index (χ4v) is 1.47. The molecule has 0 aliphatic rings. The van der Waals surface area contributed by atoms with Crippen LogP contribution in [0, 0.1) is 12.7 Å². The van der Waals surface area contributed by atoms with E-state index in [0.29, 0.717) is 23.7 Å². The highest BCUT2D eigenvalue weighted by molar-refractivity contribution is 5.34. The van der Waals surface area contributed by atoms with Gasteiger partial charge in [0.05, 0.1) is 0 Å².